The lowest BCUT2D eigenvalue weighted by atomic mass is 10.1. The van der Waals surface area contributed by atoms with Crippen LogP contribution in [-0.2, 0) is 10.0 Å². The normalized spacial score (nSPS) is 16.2. The molecule has 7 nitrogen and oxygen atoms in total. The van der Waals surface area contributed by atoms with Crippen molar-refractivity contribution in [3.05, 3.63) is 78.1 Å². The van der Waals surface area contributed by atoms with Gasteiger partial charge >= 0.3 is 0 Å². The Hall–Kier alpha value is -3.43. The van der Waals surface area contributed by atoms with Crippen LogP contribution in [0.25, 0.3) is 0 Å². The number of ether oxygens (including phenoxy) is 2. The first-order valence-corrected chi connectivity index (χ1v) is 11.9. The molecule has 0 aromatic heterocycles. The minimum Gasteiger partial charge on any atom is -0.497 e. The van der Waals surface area contributed by atoms with Crippen LogP contribution in [0, 0.1) is 5.82 Å². The zero-order valence-electron chi connectivity index (χ0n) is 17.9. The Balaban J connectivity index is 1.45. The van der Waals surface area contributed by atoms with Crippen molar-refractivity contribution in [2.24, 2.45) is 4.99 Å². The van der Waals surface area contributed by atoms with E-state index in [9.17, 15) is 12.8 Å². The number of hydrogen-bond donors (Lipinski definition) is 0. The highest BCUT2D eigenvalue weighted by Gasteiger charge is 2.31. The minimum absolute atomic E-state index is 0.0393. The molecule has 3 aromatic carbocycles. The third-order valence-corrected chi connectivity index (χ3v) is 7.61. The summed E-state index contributed by atoms with van der Waals surface area (Å²) in [5, 5.41) is 0. The molecule has 0 aliphatic carbocycles. The number of hydrogen-bond acceptors (Lipinski definition) is 6. The Bertz CT molecular complexity index is 1340. The van der Waals surface area contributed by atoms with Gasteiger partial charge < -0.3 is 14.4 Å². The lowest BCUT2D eigenvalue weighted by Gasteiger charge is -2.36. The molecule has 170 valence electrons. The fraction of sp³-hybridized carbons (Fsp3) is 0.208. The summed E-state index contributed by atoms with van der Waals surface area (Å²) in [5.74, 6) is 2.05. The van der Waals surface area contributed by atoms with E-state index in [0.29, 0.717) is 41.9 Å². The summed E-state index contributed by atoms with van der Waals surface area (Å²) in [5.41, 5.74) is 1.49. The van der Waals surface area contributed by atoms with Gasteiger partial charge in [-0.2, -0.15) is 4.31 Å². The van der Waals surface area contributed by atoms with Crippen LogP contribution < -0.4 is 9.47 Å². The molecule has 0 unspecified atom stereocenters. The lowest BCUT2D eigenvalue weighted by molar-refractivity contribution is 0.266. The van der Waals surface area contributed by atoms with Gasteiger partial charge in [0.05, 0.1) is 17.6 Å². The summed E-state index contributed by atoms with van der Waals surface area (Å²) >= 11 is 0. The van der Waals surface area contributed by atoms with Gasteiger partial charge in [-0.15, -0.1) is 0 Å². The van der Waals surface area contributed by atoms with Crippen molar-refractivity contribution in [2.45, 2.75) is 4.90 Å². The largest absolute Gasteiger partial charge is 0.497 e. The van der Waals surface area contributed by atoms with Crippen molar-refractivity contribution in [2.75, 3.05) is 33.3 Å². The Morgan fingerprint density at radius 1 is 0.939 bits per heavy atom. The van der Waals surface area contributed by atoms with Gasteiger partial charge in [-0.05, 0) is 42.5 Å². The Labute approximate surface area is 191 Å². The van der Waals surface area contributed by atoms with Crippen LogP contribution in [0.1, 0.15) is 5.56 Å². The Kier molecular flexibility index (Phi) is 5.51. The van der Waals surface area contributed by atoms with Crippen LogP contribution in [0.3, 0.4) is 0 Å². The number of nitrogens with zero attached hydrogens (tertiary/aromatic N) is 3. The molecule has 2 aliphatic rings. The zero-order chi connectivity index (χ0) is 23.0. The third kappa shape index (κ3) is 4.05. The molecule has 0 bridgehead atoms. The number of sulfonamides is 1. The van der Waals surface area contributed by atoms with Crippen molar-refractivity contribution in [3.63, 3.8) is 0 Å². The number of methoxy groups -OCH3 is 1. The molecule has 3 aromatic rings. The van der Waals surface area contributed by atoms with Gasteiger partial charge in [0.25, 0.3) is 0 Å². The number of rotatable bonds is 3. The molecule has 2 aliphatic heterocycles. The standard InChI is InChI=1S/C24H22FN3O4S/c1-31-18-9-10-20-23(16-18)32-22-8-3-2-7-21(22)26-24(20)27-11-13-28(14-12-27)33(29,30)19-6-4-5-17(25)15-19/h2-10,15-16H,11-14H2,1H3. The molecule has 2 heterocycles. The topological polar surface area (TPSA) is 71.4 Å². The van der Waals surface area contributed by atoms with Crippen LogP contribution in [0.4, 0.5) is 10.1 Å². The van der Waals surface area contributed by atoms with Crippen LogP contribution in [0.5, 0.6) is 17.2 Å². The van der Waals surface area contributed by atoms with Gasteiger partial charge in [0, 0.05) is 32.2 Å². The molecule has 1 saturated heterocycles. The van der Waals surface area contributed by atoms with E-state index in [1.165, 1.54) is 22.5 Å². The highest BCUT2D eigenvalue weighted by atomic mass is 32.2. The first-order valence-electron chi connectivity index (χ1n) is 10.5. The molecule has 5 rings (SSSR count). The van der Waals surface area contributed by atoms with E-state index in [2.05, 4.69) is 0 Å². The second-order valence-corrected chi connectivity index (χ2v) is 9.65. The molecule has 33 heavy (non-hydrogen) atoms. The van der Waals surface area contributed by atoms with E-state index in [4.69, 9.17) is 14.5 Å². The van der Waals surface area contributed by atoms with E-state index in [-0.39, 0.29) is 18.0 Å². The fourth-order valence-electron chi connectivity index (χ4n) is 3.99. The summed E-state index contributed by atoms with van der Waals surface area (Å²) in [6.07, 6.45) is 0. The molecular formula is C24H22FN3O4S. The predicted molar refractivity (Wildman–Crippen MR) is 122 cm³/mol. The van der Waals surface area contributed by atoms with Crippen molar-refractivity contribution < 1.29 is 22.3 Å². The summed E-state index contributed by atoms with van der Waals surface area (Å²) in [6, 6.07) is 18.2. The fourth-order valence-corrected chi connectivity index (χ4v) is 5.44. The van der Waals surface area contributed by atoms with E-state index in [1.54, 1.807) is 7.11 Å². The molecule has 0 amide bonds. The van der Waals surface area contributed by atoms with Gasteiger partial charge in [0.2, 0.25) is 10.0 Å². The maximum absolute atomic E-state index is 13.6. The number of piperazine rings is 1. The van der Waals surface area contributed by atoms with Crippen LogP contribution >= 0.6 is 0 Å². The molecule has 0 atom stereocenters. The molecule has 0 saturated carbocycles. The first-order chi connectivity index (χ1) is 16.0. The number of aliphatic imine (C=N–C) groups is 1. The molecular weight excluding hydrogens is 445 g/mol. The van der Waals surface area contributed by atoms with Crippen molar-refractivity contribution >= 4 is 21.5 Å². The SMILES string of the molecule is COc1ccc2c(c1)Oc1ccccc1N=C2N1CCN(S(=O)(=O)c2cccc(F)c2)CC1. The van der Waals surface area contributed by atoms with Crippen molar-refractivity contribution in [3.8, 4) is 17.2 Å². The number of fused-ring (bicyclic) bond motifs is 2. The Morgan fingerprint density at radius 2 is 1.73 bits per heavy atom. The van der Waals surface area contributed by atoms with Gasteiger partial charge in [-0.3, -0.25) is 0 Å². The van der Waals surface area contributed by atoms with Crippen molar-refractivity contribution in [1.29, 1.82) is 0 Å². The molecule has 9 heteroatoms. The molecule has 0 N–H and O–H groups in total. The molecule has 0 radical (unpaired) electrons. The number of amidine groups is 1. The van der Waals surface area contributed by atoms with E-state index < -0.39 is 15.8 Å². The minimum atomic E-state index is -3.78. The summed E-state index contributed by atoms with van der Waals surface area (Å²) in [7, 11) is -2.18. The van der Waals surface area contributed by atoms with Crippen molar-refractivity contribution in [1.82, 2.24) is 9.21 Å². The summed E-state index contributed by atoms with van der Waals surface area (Å²) in [6.45, 7) is 1.37. The van der Waals surface area contributed by atoms with Gasteiger partial charge in [-0.1, -0.05) is 18.2 Å². The highest BCUT2D eigenvalue weighted by Crippen LogP contribution is 2.39. The lowest BCUT2D eigenvalue weighted by Crippen LogP contribution is -2.50. The molecule has 1 fully saturated rings. The van der Waals surface area contributed by atoms with E-state index in [0.717, 1.165) is 11.6 Å². The summed E-state index contributed by atoms with van der Waals surface area (Å²) < 4.78 is 52.5. The van der Waals surface area contributed by atoms with Crippen LogP contribution in [0.15, 0.2) is 76.6 Å². The van der Waals surface area contributed by atoms with Crippen LogP contribution in [0.2, 0.25) is 0 Å². The zero-order valence-corrected chi connectivity index (χ0v) is 18.8. The van der Waals surface area contributed by atoms with E-state index in [1.807, 2.05) is 47.4 Å². The Morgan fingerprint density at radius 3 is 2.48 bits per heavy atom. The van der Waals surface area contributed by atoms with Gasteiger partial charge in [0.15, 0.2) is 5.75 Å². The number of benzene rings is 3. The quantitative estimate of drug-likeness (QED) is 0.582. The third-order valence-electron chi connectivity index (χ3n) is 5.71. The van der Waals surface area contributed by atoms with Gasteiger partial charge in [-0.25, -0.2) is 17.8 Å². The number of halogens is 1. The van der Waals surface area contributed by atoms with Crippen LogP contribution in [-0.4, -0.2) is 56.7 Å². The average molecular weight is 468 g/mol. The monoisotopic (exact) mass is 467 g/mol. The molecule has 0 spiro atoms. The smallest absolute Gasteiger partial charge is 0.243 e. The maximum Gasteiger partial charge on any atom is 0.243 e. The summed E-state index contributed by atoms with van der Waals surface area (Å²) in [4.78, 5) is 6.89. The predicted octanol–water partition coefficient (Wildman–Crippen LogP) is 4.02. The number of para-hydroxylation sites is 2. The highest BCUT2D eigenvalue weighted by molar-refractivity contribution is 7.89. The first kappa shape index (κ1) is 21.4. The second-order valence-electron chi connectivity index (χ2n) is 7.72. The second kappa shape index (κ2) is 8.49. The van der Waals surface area contributed by atoms with E-state index >= 15 is 0 Å². The average Bonchev–Trinajstić information content (AvgIpc) is 3.00. The van der Waals surface area contributed by atoms with Gasteiger partial charge in [0.1, 0.15) is 28.8 Å². The maximum atomic E-state index is 13.6.